The van der Waals surface area contributed by atoms with Gasteiger partial charge in [0.05, 0.1) is 19.8 Å². The van der Waals surface area contributed by atoms with Crippen LogP contribution in [-0.2, 0) is 19.1 Å². The molecule has 0 aliphatic carbocycles. The van der Waals surface area contributed by atoms with E-state index in [0.29, 0.717) is 5.56 Å². The minimum Gasteiger partial charge on any atom is -0.468 e. The maximum absolute atomic E-state index is 12.5. The number of rotatable bonds is 5. The third-order valence-corrected chi connectivity index (χ3v) is 4.24. The number of ether oxygens (including phenoxy) is 2. The molecule has 1 rings (SSSR count). The van der Waals surface area contributed by atoms with Crippen LogP contribution < -0.4 is 0 Å². The predicted molar refractivity (Wildman–Crippen MR) is 83.8 cm³/mol. The predicted octanol–water partition coefficient (Wildman–Crippen LogP) is 1.39. The number of carbonyl (C=O) groups is 3. The van der Waals surface area contributed by atoms with Crippen molar-refractivity contribution in [1.82, 2.24) is 4.90 Å². The number of halogens is 1. The van der Waals surface area contributed by atoms with Gasteiger partial charge < -0.3 is 14.4 Å². The van der Waals surface area contributed by atoms with Crippen molar-refractivity contribution in [3.63, 3.8) is 0 Å². The van der Waals surface area contributed by atoms with Crippen LogP contribution in [0.5, 0.6) is 0 Å². The molecule has 0 atom stereocenters. The zero-order valence-electron chi connectivity index (χ0n) is 12.0. The molecule has 0 bridgehead atoms. The van der Waals surface area contributed by atoms with Crippen LogP contribution in [0, 0.1) is 10.5 Å². The van der Waals surface area contributed by atoms with Gasteiger partial charge in [-0.1, -0.05) is 12.1 Å². The van der Waals surface area contributed by atoms with Crippen molar-refractivity contribution < 1.29 is 23.9 Å². The number of hydrogen-bond acceptors (Lipinski definition) is 5. The highest BCUT2D eigenvalue weighted by Crippen LogP contribution is 2.18. The average Bonchev–Trinajstić information content (AvgIpc) is 2.48. The van der Waals surface area contributed by atoms with E-state index in [2.05, 4.69) is 32.1 Å². The zero-order valence-corrected chi connectivity index (χ0v) is 14.2. The summed E-state index contributed by atoms with van der Waals surface area (Å²) in [6.07, 6.45) is 0. The lowest BCUT2D eigenvalue weighted by molar-refractivity contribution is -0.144. The highest BCUT2D eigenvalue weighted by atomic mass is 127. The molecule has 1 amide bonds. The number of amides is 1. The smallest absolute Gasteiger partial charge is 0.325 e. The van der Waals surface area contributed by atoms with E-state index >= 15 is 0 Å². The van der Waals surface area contributed by atoms with Gasteiger partial charge in [-0.3, -0.25) is 14.4 Å². The molecule has 0 saturated carbocycles. The third-order valence-electron chi connectivity index (χ3n) is 2.80. The van der Waals surface area contributed by atoms with Crippen LogP contribution in [0.2, 0.25) is 0 Å². The summed E-state index contributed by atoms with van der Waals surface area (Å²) in [6.45, 7) is 1.26. The number of esters is 2. The SMILES string of the molecule is COC(=O)CN(CC(=O)OC)C(=O)c1cccc(C)c1I. The van der Waals surface area contributed by atoms with Crippen molar-refractivity contribution in [3.8, 4) is 0 Å². The quantitative estimate of drug-likeness (QED) is 0.547. The molecule has 21 heavy (non-hydrogen) atoms. The Bertz CT molecular complexity index is 540. The molecule has 0 unspecified atom stereocenters. The van der Waals surface area contributed by atoms with Gasteiger partial charge in [-0.15, -0.1) is 0 Å². The summed E-state index contributed by atoms with van der Waals surface area (Å²) in [5.41, 5.74) is 1.38. The number of hydrogen-bond donors (Lipinski definition) is 0. The van der Waals surface area contributed by atoms with Gasteiger partial charge in [0.15, 0.2) is 0 Å². The van der Waals surface area contributed by atoms with Crippen LogP contribution in [0.1, 0.15) is 15.9 Å². The molecule has 7 heteroatoms. The van der Waals surface area contributed by atoms with E-state index in [9.17, 15) is 14.4 Å². The fourth-order valence-corrected chi connectivity index (χ4v) is 2.21. The van der Waals surface area contributed by atoms with Crippen molar-refractivity contribution in [3.05, 3.63) is 32.9 Å². The lowest BCUT2D eigenvalue weighted by Crippen LogP contribution is -2.40. The first-order chi connectivity index (χ1) is 9.90. The fraction of sp³-hybridized carbons (Fsp3) is 0.357. The van der Waals surface area contributed by atoms with E-state index in [4.69, 9.17) is 0 Å². The lowest BCUT2D eigenvalue weighted by atomic mass is 10.1. The van der Waals surface area contributed by atoms with Crippen molar-refractivity contribution >= 4 is 40.4 Å². The Kier molecular flexibility index (Phi) is 6.60. The fourth-order valence-electron chi connectivity index (χ4n) is 1.62. The normalized spacial score (nSPS) is 9.90. The molecule has 0 spiro atoms. The van der Waals surface area contributed by atoms with E-state index in [-0.39, 0.29) is 13.1 Å². The Balaban J connectivity index is 3.06. The topological polar surface area (TPSA) is 72.9 Å². The first-order valence-electron chi connectivity index (χ1n) is 6.08. The highest BCUT2D eigenvalue weighted by Gasteiger charge is 2.24. The summed E-state index contributed by atoms with van der Waals surface area (Å²) in [4.78, 5) is 36.5. The van der Waals surface area contributed by atoms with E-state index in [1.807, 2.05) is 13.0 Å². The second kappa shape index (κ2) is 7.96. The van der Waals surface area contributed by atoms with Gasteiger partial charge in [-0.25, -0.2) is 0 Å². The minimum absolute atomic E-state index is 0.311. The van der Waals surface area contributed by atoms with Gasteiger partial charge in [0, 0.05) is 3.57 Å². The van der Waals surface area contributed by atoms with Crippen LogP contribution in [0.4, 0.5) is 0 Å². The van der Waals surface area contributed by atoms with Gasteiger partial charge >= 0.3 is 11.9 Å². The van der Waals surface area contributed by atoms with Crippen LogP contribution in [-0.4, -0.2) is 50.1 Å². The van der Waals surface area contributed by atoms with Crippen molar-refractivity contribution in [2.24, 2.45) is 0 Å². The zero-order chi connectivity index (χ0) is 16.0. The molecule has 0 radical (unpaired) electrons. The second-order valence-electron chi connectivity index (χ2n) is 4.25. The number of nitrogens with zero attached hydrogens (tertiary/aromatic N) is 1. The molecular weight excluding hydrogens is 389 g/mol. The summed E-state index contributed by atoms with van der Waals surface area (Å²) < 4.78 is 9.88. The average molecular weight is 405 g/mol. The molecule has 114 valence electrons. The molecule has 0 fully saturated rings. The Morgan fingerprint density at radius 1 is 1.10 bits per heavy atom. The highest BCUT2D eigenvalue weighted by molar-refractivity contribution is 14.1. The summed E-state index contributed by atoms with van der Waals surface area (Å²) in [7, 11) is 2.44. The summed E-state index contributed by atoms with van der Waals surface area (Å²) in [5.74, 6) is -1.62. The number of benzene rings is 1. The van der Waals surface area contributed by atoms with Crippen LogP contribution in [0.3, 0.4) is 0 Å². The lowest BCUT2D eigenvalue weighted by Gasteiger charge is -2.21. The Morgan fingerprint density at radius 3 is 2.10 bits per heavy atom. The van der Waals surface area contributed by atoms with Crippen molar-refractivity contribution in [2.75, 3.05) is 27.3 Å². The van der Waals surface area contributed by atoms with Crippen molar-refractivity contribution in [1.29, 1.82) is 0 Å². The maximum Gasteiger partial charge on any atom is 0.325 e. The molecule has 0 aromatic heterocycles. The Morgan fingerprint density at radius 2 is 1.62 bits per heavy atom. The van der Waals surface area contributed by atoms with E-state index in [1.54, 1.807) is 12.1 Å². The monoisotopic (exact) mass is 405 g/mol. The van der Waals surface area contributed by atoms with Crippen LogP contribution in [0.25, 0.3) is 0 Å². The first kappa shape index (κ1) is 17.4. The second-order valence-corrected chi connectivity index (χ2v) is 5.33. The first-order valence-corrected chi connectivity index (χ1v) is 7.16. The molecule has 0 aliphatic heterocycles. The number of aryl methyl sites for hydroxylation is 1. The van der Waals surface area contributed by atoms with Crippen LogP contribution in [0.15, 0.2) is 18.2 Å². The summed E-state index contributed by atoms with van der Waals surface area (Å²) >= 11 is 2.06. The Hall–Kier alpha value is -1.64. The third kappa shape index (κ3) is 4.69. The standard InChI is InChI=1S/C14H16INO5/c1-9-5-4-6-10(13(9)15)14(19)16(7-11(17)20-2)8-12(18)21-3/h4-6H,7-8H2,1-3H3. The molecule has 0 aliphatic rings. The molecule has 0 saturated heterocycles. The Labute approximate surface area is 136 Å². The molecule has 0 heterocycles. The maximum atomic E-state index is 12.5. The van der Waals surface area contributed by atoms with Gasteiger partial charge in [-0.05, 0) is 41.1 Å². The number of methoxy groups -OCH3 is 2. The molecule has 6 nitrogen and oxygen atoms in total. The van der Waals surface area contributed by atoms with Crippen LogP contribution >= 0.6 is 22.6 Å². The van der Waals surface area contributed by atoms with Gasteiger partial charge in [0.2, 0.25) is 0 Å². The van der Waals surface area contributed by atoms with Crippen molar-refractivity contribution in [2.45, 2.75) is 6.92 Å². The van der Waals surface area contributed by atoms with E-state index < -0.39 is 17.8 Å². The van der Waals surface area contributed by atoms with E-state index in [0.717, 1.165) is 14.0 Å². The number of carbonyl (C=O) groups excluding carboxylic acids is 3. The minimum atomic E-state index is -0.602. The van der Waals surface area contributed by atoms with Gasteiger partial charge in [0.1, 0.15) is 13.1 Å². The molecule has 1 aromatic carbocycles. The van der Waals surface area contributed by atoms with E-state index in [1.165, 1.54) is 14.2 Å². The summed E-state index contributed by atoms with van der Waals surface area (Å²) in [5, 5.41) is 0. The summed E-state index contributed by atoms with van der Waals surface area (Å²) in [6, 6.07) is 5.28. The molecular formula is C14H16INO5. The largest absolute Gasteiger partial charge is 0.468 e. The molecule has 1 aromatic rings. The van der Waals surface area contributed by atoms with Gasteiger partial charge in [-0.2, -0.15) is 0 Å². The van der Waals surface area contributed by atoms with Gasteiger partial charge in [0.25, 0.3) is 5.91 Å². The molecule has 0 N–H and O–H groups in total.